The summed E-state index contributed by atoms with van der Waals surface area (Å²) in [6, 6.07) is 6.07. The molecule has 1 aromatic carbocycles. The molecule has 0 spiro atoms. The fourth-order valence-corrected chi connectivity index (χ4v) is 6.31. The van der Waals surface area contributed by atoms with Gasteiger partial charge in [0.05, 0.1) is 22.7 Å². The van der Waals surface area contributed by atoms with E-state index >= 15 is 0 Å². The summed E-state index contributed by atoms with van der Waals surface area (Å²) in [7, 11) is 0. The maximum Gasteiger partial charge on any atom is 0.224 e. The van der Waals surface area contributed by atoms with Crippen molar-refractivity contribution in [1.82, 2.24) is 15.2 Å². The van der Waals surface area contributed by atoms with Crippen molar-refractivity contribution in [2.45, 2.75) is 46.5 Å². The lowest BCUT2D eigenvalue weighted by atomic mass is 9.92. The van der Waals surface area contributed by atoms with Gasteiger partial charge in [-0.2, -0.15) is 0 Å². The number of likely N-dealkylation sites (tertiary alicyclic amines) is 1. The number of anilines is 1. The summed E-state index contributed by atoms with van der Waals surface area (Å²) in [5.74, 6) is 2.71. The molecule has 4 rings (SSSR count). The van der Waals surface area contributed by atoms with Crippen molar-refractivity contribution in [1.29, 1.82) is 0 Å². The topological polar surface area (TPSA) is 57.7 Å². The molecule has 2 saturated heterocycles. The zero-order chi connectivity index (χ0) is 22.5. The van der Waals surface area contributed by atoms with Crippen molar-refractivity contribution < 1.29 is 9.53 Å². The first kappa shape index (κ1) is 23.3. The van der Waals surface area contributed by atoms with Gasteiger partial charge < -0.3 is 19.9 Å². The quantitative estimate of drug-likeness (QED) is 0.595. The Balaban J connectivity index is 1.26. The van der Waals surface area contributed by atoms with Crippen LogP contribution in [-0.2, 0) is 4.79 Å². The minimum atomic E-state index is 0.0461. The van der Waals surface area contributed by atoms with Crippen LogP contribution >= 0.6 is 11.3 Å². The molecule has 1 N–H and O–H groups in total. The third-order valence-electron chi connectivity index (χ3n) is 6.62. The number of rotatable bonds is 8. The molecule has 176 valence electrons. The van der Waals surface area contributed by atoms with Crippen molar-refractivity contribution in [3.63, 3.8) is 0 Å². The first-order valence-electron chi connectivity index (χ1n) is 12.3. The van der Waals surface area contributed by atoms with E-state index in [1.54, 1.807) is 11.3 Å². The molecule has 6 nitrogen and oxygen atoms in total. The Kier molecular flexibility index (Phi) is 7.89. The van der Waals surface area contributed by atoms with Gasteiger partial charge in [-0.25, -0.2) is 4.98 Å². The summed E-state index contributed by atoms with van der Waals surface area (Å²) in [6.45, 7) is 13.3. The molecule has 3 atom stereocenters. The number of carbonyl (C=O) groups excluding carboxylic acids is 1. The van der Waals surface area contributed by atoms with Crippen molar-refractivity contribution >= 4 is 32.6 Å². The van der Waals surface area contributed by atoms with Crippen molar-refractivity contribution in [2.75, 3.05) is 50.8 Å². The molecular weight excluding hydrogens is 420 g/mol. The largest absolute Gasteiger partial charge is 0.494 e. The molecular formula is C25H38N4O2S. The summed E-state index contributed by atoms with van der Waals surface area (Å²) in [5.41, 5.74) is 1.00. The number of nitrogens with one attached hydrogen (secondary N) is 1. The van der Waals surface area contributed by atoms with Gasteiger partial charge in [0.1, 0.15) is 5.75 Å². The Morgan fingerprint density at radius 2 is 2.06 bits per heavy atom. The van der Waals surface area contributed by atoms with Crippen LogP contribution in [0.4, 0.5) is 5.13 Å². The summed E-state index contributed by atoms with van der Waals surface area (Å²) in [5, 5.41) is 4.22. The highest BCUT2D eigenvalue weighted by Gasteiger charge is 2.27. The predicted molar refractivity (Wildman–Crippen MR) is 133 cm³/mol. The number of hydrogen-bond acceptors (Lipinski definition) is 6. The number of hydrogen-bond donors (Lipinski definition) is 1. The van der Waals surface area contributed by atoms with Crippen LogP contribution < -0.4 is 15.0 Å². The molecule has 0 unspecified atom stereocenters. The van der Waals surface area contributed by atoms with Gasteiger partial charge in [0.2, 0.25) is 5.91 Å². The second kappa shape index (κ2) is 10.8. The van der Waals surface area contributed by atoms with Crippen LogP contribution in [-0.4, -0.2) is 61.7 Å². The van der Waals surface area contributed by atoms with Gasteiger partial charge in [0.15, 0.2) is 5.13 Å². The lowest BCUT2D eigenvalue weighted by Gasteiger charge is -2.35. The van der Waals surface area contributed by atoms with Crippen LogP contribution in [0.1, 0.15) is 46.5 Å². The predicted octanol–water partition coefficient (Wildman–Crippen LogP) is 4.40. The van der Waals surface area contributed by atoms with Gasteiger partial charge in [0.25, 0.3) is 0 Å². The van der Waals surface area contributed by atoms with E-state index in [-0.39, 0.29) is 11.8 Å². The maximum atomic E-state index is 12.8. The van der Waals surface area contributed by atoms with E-state index in [1.807, 2.05) is 19.1 Å². The Morgan fingerprint density at radius 1 is 1.25 bits per heavy atom. The lowest BCUT2D eigenvalue weighted by molar-refractivity contribution is -0.125. The molecule has 0 bridgehead atoms. The third kappa shape index (κ3) is 5.93. The Hall–Kier alpha value is -1.86. The molecule has 2 aromatic rings. The molecule has 0 aliphatic carbocycles. The molecule has 7 heteroatoms. The Bertz CT molecular complexity index is 891. The second-order valence-corrected chi connectivity index (χ2v) is 10.7. The van der Waals surface area contributed by atoms with Gasteiger partial charge in [-0.05, 0) is 69.2 Å². The third-order valence-corrected chi connectivity index (χ3v) is 7.70. The lowest BCUT2D eigenvalue weighted by Crippen LogP contribution is -2.44. The molecule has 3 heterocycles. The van der Waals surface area contributed by atoms with Gasteiger partial charge in [-0.3, -0.25) is 4.79 Å². The molecule has 0 saturated carbocycles. The average molecular weight is 459 g/mol. The van der Waals surface area contributed by atoms with Crippen molar-refractivity contribution in [3.05, 3.63) is 18.2 Å². The van der Waals surface area contributed by atoms with E-state index in [0.29, 0.717) is 6.61 Å². The number of benzene rings is 1. The number of amides is 1. The minimum absolute atomic E-state index is 0.0461. The highest BCUT2D eigenvalue weighted by Crippen LogP contribution is 2.33. The number of carbonyl (C=O) groups is 1. The number of aromatic nitrogens is 1. The molecule has 1 amide bonds. The number of nitrogens with zero attached hydrogens (tertiary/aromatic N) is 3. The van der Waals surface area contributed by atoms with Crippen molar-refractivity contribution in [3.8, 4) is 5.75 Å². The van der Waals surface area contributed by atoms with Crippen LogP contribution in [0.2, 0.25) is 0 Å². The molecule has 0 radical (unpaired) electrons. The number of ether oxygens (including phenoxy) is 1. The van der Waals surface area contributed by atoms with E-state index in [4.69, 9.17) is 9.72 Å². The average Bonchev–Trinajstić information content (AvgIpc) is 3.20. The first-order valence-corrected chi connectivity index (χ1v) is 13.1. The summed E-state index contributed by atoms with van der Waals surface area (Å²) in [6.07, 6.45) is 4.36. The van der Waals surface area contributed by atoms with E-state index in [0.717, 1.165) is 78.4 Å². The maximum absolute atomic E-state index is 12.8. The fraction of sp³-hybridized carbons (Fsp3) is 0.680. The smallest absolute Gasteiger partial charge is 0.224 e. The van der Waals surface area contributed by atoms with E-state index in [2.05, 4.69) is 35.0 Å². The monoisotopic (exact) mass is 458 g/mol. The zero-order valence-corrected chi connectivity index (χ0v) is 20.6. The van der Waals surface area contributed by atoms with Gasteiger partial charge in [0, 0.05) is 32.7 Å². The standard InChI is InChI=1S/C25H38N4O2S/c1-4-31-21-8-9-22-23(14-21)32-25(27-22)29-12-5-7-20(17-29)24(30)26-10-6-11-28-15-18(2)13-19(3)16-28/h8-9,14,18-20H,4-7,10-13,15-17H2,1-3H3,(H,26,30)/t18-,19-,20-/m0/s1. The summed E-state index contributed by atoms with van der Waals surface area (Å²) >= 11 is 1.69. The highest BCUT2D eigenvalue weighted by atomic mass is 32.1. The number of fused-ring (bicyclic) bond motifs is 1. The Morgan fingerprint density at radius 3 is 2.84 bits per heavy atom. The summed E-state index contributed by atoms with van der Waals surface area (Å²) < 4.78 is 6.76. The van der Waals surface area contributed by atoms with Crippen LogP contribution in [0.15, 0.2) is 18.2 Å². The normalized spacial score (nSPS) is 24.6. The second-order valence-electron chi connectivity index (χ2n) is 9.69. The van der Waals surface area contributed by atoms with Crippen LogP contribution in [0.3, 0.4) is 0 Å². The van der Waals surface area contributed by atoms with E-state index < -0.39 is 0 Å². The van der Waals surface area contributed by atoms with Gasteiger partial charge in [-0.15, -0.1) is 0 Å². The van der Waals surface area contributed by atoms with Gasteiger partial charge >= 0.3 is 0 Å². The molecule has 2 aliphatic heterocycles. The molecule has 2 fully saturated rings. The van der Waals surface area contributed by atoms with Crippen LogP contribution in [0, 0.1) is 17.8 Å². The summed E-state index contributed by atoms with van der Waals surface area (Å²) in [4.78, 5) is 22.5. The zero-order valence-electron chi connectivity index (χ0n) is 19.8. The minimum Gasteiger partial charge on any atom is -0.494 e. The van der Waals surface area contributed by atoms with Gasteiger partial charge in [-0.1, -0.05) is 25.2 Å². The molecule has 32 heavy (non-hydrogen) atoms. The van der Waals surface area contributed by atoms with Crippen LogP contribution in [0.5, 0.6) is 5.75 Å². The highest BCUT2D eigenvalue weighted by molar-refractivity contribution is 7.22. The Labute approximate surface area is 196 Å². The van der Waals surface area contributed by atoms with Crippen molar-refractivity contribution in [2.24, 2.45) is 17.8 Å². The SMILES string of the molecule is CCOc1ccc2nc(N3CCC[C@H](C(=O)NCCCN4C[C@@H](C)C[C@H](C)C4)C3)sc2c1. The van der Waals surface area contributed by atoms with E-state index in [9.17, 15) is 4.79 Å². The van der Waals surface area contributed by atoms with E-state index in [1.165, 1.54) is 19.5 Å². The molecule has 1 aromatic heterocycles. The van der Waals surface area contributed by atoms with Crippen LogP contribution in [0.25, 0.3) is 10.2 Å². The fourth-order valence-electron chi connectivity index (χ4n) is 5.28. The number of thiazole rings is 1. The molecule has 2 aliphatic rings. The first-order chi connectivity index (χ1) is 15.5. The number of piperidine rings is 2.